The molecule has 25 heavy (non-hydrogen) atoms. The monoisotopic (exact) mass is 330 g/mol. The van der Waals surface area contributed by atoms with E-state index >= 15 is 0 Å². The Labute approximate surface area is 151 Å². The van der Waals surface area contributed by atoms with Crippen LogP contribution in [0.25, 0.3) is 0 Å². The van der Waals surface area contributed by atoms with Crippen molar-refractivity contribution in [2.24, 2.45) is 5.41 Å². The number of pyridine rings is 1. The molecule has 1 saturated carbocycles. The Balaban J connectivity index is 1.38. The number of piperidine rings is 1. The molecule has 0 bridgehead atoms. The molecule has 0 amide bonds. The summed E-state index contributed by atoms with van der Waals surface area (Å²) in [6.45, 7) is 3.40. The smallest absolute Gasteiger partial charge is 0.0556 e. The van der Waals surface area contributed by atoms with E-state index in [0.29, 0.717) is 5.41 Å². The molecule has 2 fully saturated rings. The van der Waals surface area contributed by atoms with Gasteiger partial charge in [-0.1, -0.05) is 42.9 Å². The summed E-state index contributed by atoms with van der Waals surface area (Å²) in [5, 5.41) is 0. The van der Waals surface area contributed by atoms with Gasteiger partial charge in [0.1, 0.15) is 0 Å². The third kappa shape index (κ3) is 4.11. The van der Waals surface area contributed by atoms with Crippen molar-refractivity contribution >= 4 is 0 Å². The molecule has 2 nitrogen and oxygen atoms in total. The van der Waals surface area contributed by atoms with E-state index in [1.807, 2.05) is 42.6 Å². The average Bonchev–Trinajstić information content (AvgIpc) is 3.12. The van der Waals surface area contributed by atoms with Crippen molar-refractivity contribution in [2.45, 2.75) is 45.1 Å². The minimum Gasteiger partial charge on any atom is -0.297 e. The molecule has 0 N–H and O–H groups in total. The van der Waals surface area contributed by atoms with Crippen molar-refractivity contribution in [3.05, 3.63) is 65.5 Å². The van der Waals surface area contributed by atoms with Crippen LogP contribution in [-0.2, 0) is 6.54 Å². The van der Waals surface area contributed by atoms with Gasteiger partial charge >= 0.3 is 0 Å². The lowest BCUT2D eigenvalue weighted by molar-refractivity contribution is 0.103. The van der Waals surface area contributed by atoms with E-state index in [-0.39, 0.29) is 0 Å². The predicted octanol–water partition coefficient (Wildman–Crippen LogP) is 4.64. The number of likely N-dealkylation sites (tertiary alicyclic amines) is 1. The number of rotatable bonds is 2. The van der Waals surface area contributed by atoms with Gasteiger partial charge in [-0.3, -0.25) is 9.88 Å². The van der Waals surface area contributed by atoms with E-state index in [0.717, 1.165) is 23.4 Å². The molecule has 2 aromatic rings. The minimum atomic E-state index is 0.687. The Morgan fingerprint density at radius 1 is 0.880 bits per heavy atom. The minimum absolute atomic E-state index is 0.687. The summed E-state index contributed by atoms with van der Waals surface area (Å²) < 4.78 is 0. The van der Waals surface area contributed by atoms with Gasteiger partial charge in [0.05, 0.1) is 5.69 Å². The topological polar surface area (TPSA) is 16.1 Å². The SMILES string of the molecule is C(#Cc1ccnc(CN2CCC3(CCCC3)CC2)c1)c1ccccc1. The zero-order valence-electron chi connectivity index (χ0n) is 14.9. The lowest BCUT2D eigenvalue weighted by Gasteiger charge is -2.39. The Kier molecular flexibility index (Phi) is 4.85. The van der Waals surface area contributed by atoms with Crippen molar-refractivity contribution in [3.8, 4) is 11.8 Å². The normalized spacial score (nSPS) is 19.5. The summed E-state index contributed by atoms with van der Waals surface area (Å²) in [6, 6.07) is 14.3. The molecule has 2 heterocycles. The van der Waals surface area contributed by atoms with Gasteiger partial charge in [-0.2, -0.15) is 0 Å². The van der Waals surface area contributed by atoms with Gasteiger partial charge in [0.15, 0.2) is 0 Å². The summed E-state index contributed by atoms with van der Waals surface area (Å²) >= 11 is 0. The van der Waals surface area contributed by atoms with E-state index in [1.165, 1.54) is 51.6 Å². The number of aromatic nitrogens is 1. The lowest BCUT2D eigenvalue weighted by atomic mass is 9.77. The molecule has 1 saturated heterocycles. The van der Waals surface area contributed by atoms with E-state index in [9.17, 15) is 0 Å². The van der Waals surface area contributed by atoms with Crippen molar-refractivity contribution in [3.63, 3.8) is 0 Å². The van der Waals surface area contributed by atoms with Crippen LogP contribution in [0.3, 0.4) is 0 Å². The highest BCUT2D eigenvalue weighted by Crippen LogP contribution is 2.46. The second-order valence-electron chi connectivity index (χ2n) is 7.64. The predicted molar refractivity (Wildman–Crippen MR) is 102 cm³/mol. The fraction of sp³-hybridized carbons (Fsp3) is 0.435. The van der Waals surface area contributed by atoms with E-state index in [4.69, 9.17) is 0 Å². The molecule has 1 aliphatic heterocycles. The van der Waals surface area contributed by atoms with Gasteiger partial charge in [-0.25, -0.2) is 0 Å². The fourth-order valence-corrected chi connectivity index (χ4v) is 4.35. The van der Waals surface area contributed by atoms with Crippen molar-refractivity contribution in [1.82, 2.24) is 9.88 Å². The Morgan fingerprint density at radius 2 is 1.60 bits per heavy atom. The highest BCUT2D eigenvalue weighted by molar-refractivity contribution is 5.42. The zero-order valence-corrected chi connectivity index (χ0v) is 14.9. The molecule has 2 heteroatoms. The molecular weight excluding hydrogens is 304 g/mol. The maximum absolute atomic E-state index is 4.57. The van der Waals surface area contributed by atoms with Gasteiger partial charge in [-0.05, 0) is 68.5 Å². The summed E-state index contributed by atoms with van der Waals surface area (Å²) in [7, 11) is 0. The van der Waals surface area contributed by atoms with Crippen LogP contribution in [0.15, 0.2) is 48.7 Å². The zero-order chi connectivity index (χ0) is 17.0. The first-order valence-electron chi connectivity index (χ1n) is 9.56. The molecule has 1 aromatic heterocycles. The second-order valence-corrected chi connectivity index (χ2v) is 7.64. The molecule has 1 aliphatic carbocycles. The average molecular weight is 330 g/mol. The Morgan fingerprint density at radius 3 is 2.36 bits per heavy atom. The Bertz CT molecular complexity index is 753. The van der Waals surface area contributed by atoms with Crippen molar-refractivity contribution < 1.29 is 0 Å². The highest BCUT2D eigenvalue weighted by atomic mass is 15.1. The third-order valence-electron chi connectivity index (χ3n) is 5.91. The molecule has 0 radical (unpaired) electrons. The van der Waals surface area contributed by atoms with Crippen LogP contribution in [0.2, 0.25) is 0 Å². The van der Waals surface area contributed by atoms with Crippen molar-refractivity contribution in [1.29, 1.82) is 0 Å². The molecule has 4 rings (SSSR count). The van der Waals surface area contributed by atoms with Crippen LogP contribution in [0.5, 0.6) is 0 Å². The van der Waals surface area contributed by atoms with E-state index in [1.54, 1.807) is 0 Å². The number of hydrogen-bond donors (Lipinski definition) is 0. The van der Waals surface area contributed by atoms with Crippen LogP contribution in [0.4, 0.5) is 0 Å². The van der Waals surface area contributed by atoms with Gasteiger partial charge in [0.2, 0.25) is 0 Å². The maximum atomic E-state index is 4.57. The third-order valence-corrected chi connectivity index (χ3v) is 5.91. The van der Waals surface area contributed by atoms with Gasteiger partial charge in [-0.15, -0.1) is 0 Å². The Hall–Kier alpha value is -2.11. The quantitative estimate of drug-likeness (QED) is 0.746. The fourth-order valence-electron chi connectivity index (χ4n) is 4.35. The largest absolute Gasteiger partial charge is 0.297 e. The summed E-state index contributed by atoms with van der Waals surface area (Å²) in [4.78, 5) is 7.14. The summed E-state index contributed by atoms with van der Waals surface area (Å²) in [6.07, 6.45) is 10.5. The number of hydrogen-bond acceptors (Lipinski definition) is 2. The van der Waals surface area contributed by atoms with Crippen LogP contribution in [0.1, 0.15) is 55.3 Å². The van der Waals surface area contributed by atoms with E-state index < -0.39 is 0 Å². The van der Waals surface area contributed by atoms with Crippen LogP contribution in [0, 0.1) is 17.3 Å². The van der Waals surface area contributed by atoms with Gasteiger partial charge in [0, 0.05) is 23.9 Å². The molecule has 1 aromatic carbocycles. The number of nitrogens with zero attached hydrogens (tertiary/aromatic N) is 2. The van der Waals surface area contributed by atoms with Crippen LogP contribution in [-0.4, -0.2) is 23.0 Å². The molecule has 2 aliphatic rings. The first-order valence-corrected chi connectivity index (χ1v) is 9.56. The van der Waals surface area contributed by atoms with Crippen molar-refractivity contribution in [2.75, 3.05) is 13.1 Å². The summed E-state index contributed by atoms with van der Waals surface area (Å²) in [5.41, 5.74) is 3.94. The first kappa shape index (κ1) is 16.4. The van der Waals surface area contributed by atoms with E-state index in [2.05, 4.69) is 27.8 Å². The second kappa shape index (κ2) is 7.42. The van der Waals surface area contributed by atoms with Crippen LogP contribution >= 0.6 is 0 Å². The van der Waals surface area contributed by atoms with Gasteiger partial charge in [0.25, 0.3) is 0 Å². The maximum Gasteiger partial charge on any atom is 0.0556 e. The molecule has 0 atom stereocenters. The number of benzene rings is 1. The van der Waals surface area contributed by atoms with Crippen LogP contribution < -0.4 is 0 Å². The molecule has 1 spiro atoms. The molecular formula is C23H26N2. The molecule has 128 valence electrons. The first-order chi connectivity index (χ1) is 12.3. The lowest BCUT2D eigenvalue weighted by Crippen LogP contribution is -2.38. The van der Waals surface area contributed by atoms with Gasteiger partial charge < -0.3 is 0 Å². The standard InChI is InChI=1S/C23H26N2/c1-2-6-20(7-3-1)8-9-21-10-15-24-22(18-21)19-25-16-13-23(14-17-25)11-4-5-12-23/h1-3,6-7,10,15,18H,4-5,11-14,16-17,19H2. The highest BCUT2D eigenvalue weighted by Gasteiger charge is 2.36. The molecule has 0 unspecified atom stereocenters. The summed E-state index contributed by atoms with van der Waals surface area (Å²) in [5.74, 6) is 6.50.